The second-order valence-electron chi connectivity index (χ2n) is 4.71. The van der Waals surface area contributed by atoms with E-state index in [-0.39, 0.29) is 5.69 Å². The SMILES string of the molecule is Cn1c(=O)n(-c2ccc(C(F)(F)F)cc2)c2ccccc21. The maximum absolute atomic E-state index is 12.6. The average molecular weight is 292 g/mol. The first kappa shape index (κ1) is 13.5. The van der Waals surface area contributed by atoms with E-state index < -0.39 is 11.7 Å². The van der Waals surface area contributed by atoms with Crippen molar-refractivity contribution in [1.82, 2.24) is 9.13 Å². The second-order valence-corrected chi connectivity index (χ2v) is 4.71. The number of nitrogens with zero attached hydrogens (tertiary/aromatic N) is 2. The molecular formula is C15H11F3N2O. The fraction of sp³-hybridized carbons (Fsp3) is 0.133. The molecular weight excluding hydrogens is 281 g/mol. The Balaban J connectivity index is 2.22. The number of rotatable bonds is 1. The van der Waals surface area contributed by atoms with Gasteiger partial charge >= 0.3 is 11.9 Å². The predicted octanol–water partition coefficient (Wildman–Crippen LogP) is 3.35. The lowest BCUT2D eigenvalue weighted by Crippen LogP contribution is -2.20. The van der Waals surface area contributed by atoms with Crippen molar-refractivity contribution in [3.63, 3.8) is 0 Å². The molecule has 0 aliphatic rings. The van der Waals surface area contributed by atoms with Crippen LogP contribution in [-0.2, 0) is 13.2 Å². The van der Waals surface area contributed by atoms with E-state index in [1.54, 1.807) is 31.3 Å². The third-order valence-corrected chi connectivity index (χ3v) is 3.42. The summed E-state index contributed by atoms with van der Waals surface area (Å²) >= 11 is 0. The number of aryl methyl sites for hydroxylation is 1. The third kappa shape index (κ3) is 2.12. The molecule has 2 aromatic carbocycles. The molecule has 0 aliphatic heterocycles. The van der Waals surface area contributed by atoms with E-state index in [0.29, 0.717) is 11.2 Å². The molecule has 0 amide bonds. The average Bonchev–Trinajstić information content (AvgIpc) is 2.71. The minimum absolute atomic E-state index is 0.295. The first-order valence-corrected chi connectivity index (χ1v) is 6.24. The quantitative estimate of drug-likeness (QED) is 0.675. The van der Waals surface area contributed by atoms with Gasteiger partial charge in [-0.15, -0.1) is 0 Å². The van der Waals surface area contributed by atoms with Gasteiger partial charge in [-0.05, 0) is 36.4 Å². The number of aromatic nitrogens is 2. The minimum Gasteiger partial charge on any atom is -0.295 e. The molecule has 3 rings (SSSR count). The van der Waals surface area contributed by atoms with Gasteiger partial charge in [0.15, 0.2) is 0 Å². The molecule has 21 heavy (non-hydrogen) atoms. The summed E-state index contributed by atoms with van der Waals surface area (Å²) in [4.78, 5) is 12.3. The Morgan fingerprint density at radius 3 is 2.05 bits per heavy atom. The molecule has 6 heteroatoms. The van der Waals surface area contributed by atoms with E-state index in [9.17, 15) is 18.0 Å². The second kappa shape index (κ2) is 4.51. The topological polar surface area (TPSA) is 26.9 Å². The van der Waals surface area contributed by atoms with Crippen molar-refractivity contribution in [2.45, 2.75) is 6.18 Å². The predicted molar refractivity (Wildman–Crippen MR) is 73.5 cm³/mol. The fourth-order valence-electron chi connectivity index (χ4n) is 2.34. The van der Waals surface area contributed by atoms with E-state index in [1.165, 1.54) is 21.3 Å². The fourth-order valence-corrected chi connectivity index (χ4v) is 2.34. The molecule has 0 saturated heterocycles. The molecule has 1 heterocycles. The maximum Gasteiger partial charge on any atom is 0.416 e. The number of para-hydroxylation sites is 2. The Bertz CT molecular complexity index is 857. The Kier molecular flexibility index (Phi) is 2.90. The van der Waals surface area contributed by atoms with Crippen LogP contribution in [0.4, 0.5) is 13.2 Å². The first-order chi connectivity index (χ1) is 9.89. The molecule has 1 aromatic heterocycles. The van der Waals surface area contributed by atoms with Crippen LogP contribution in [0.1, 0.15) is 5.56 Å². The van der Waals surface area contributed by atoms with Gasteiger partial charge in [0.2, 0.25) is 0 Å². The standard InChI is InChI=1S/C15H11F3N2O/c1-19-12-4-2-3-5-13(12)20(14(19)21)11-8-6-10(7-9-11)15(16,17)18/h2-9H,1H3. The third-order valence-electron chi connectivity index (χ3n) is 3.42. The summed E-state index contributed by atoms with van der Waals surface area (Å²) < 4.78 is 40.6. The van der Waals surface area contributed by atoms with Crippen molar-refractivity contribution < 1.29 is 13.2 Å². The van der Waals surface area contributed by atoms with Crippen LogP contribution in [0, 0.1) is 0 Å². The van der Waals surface area contributed by atoms with Crippen molar-refractivity contribution in [3.05, 3.63) is 64.6 Å². The van der Waals surface area contributed by atoms with Crippen LogP contribution < -0.4 is 5.69 Å². The number of imidazole rings is 1. The smallest absolute Gasteiger partial charge is 0.295 e. The molecule has 3 aromatic rings. The van der Waals surface area contributed by atoms with Crippen molar-refractivity contribution >= 4 is 11.0 Å². The van der Waals surface area contributed by atoms with E-state index >= 15 is 0 Å². The highest BCUT2D eigenvalue weighted by Crippen LogP contribution is 2.29. The molecule has 0 radical (unpaired) electrons. The highest BCUT2D eigenvalue weighted by molar-refractivity contribution is 5.78. The minimum atomic E-state index is -4.39. The number of alkyl halides is 3. The van der Waals surface area contributed by atoms with Gasteiger partial charge in [-0.2, -0.15) is 13.2 Å². The zero-order valence-corrected chi connectivity index (χ0v) is 11.1. The first-order valence-electron chi connectivity index (χ1n) is 6.24. The summed E-state index contributed by atoms with van der Waals surface area (Å²) in [5, 5.41) is 0. The van der Waals surface area contributed by atoms with E-state index in [2.05, 4.69) is 0 Å². The van der Waals surface area contributed by atoms with Crippen molar-refractivity contribution in [2.24, 2.45) is 7.05 Å². The number of hydrogen-bond acceptors (Lipinski definition) is 1. The highest BCUT2D eigenvalue weighted by atomic mass is 19.4. The van der Waals surface area contributed by atoms with Crippen LogP contribution in [0.25, 0.3) is 16.7 Å². The van der Waals surface area contributed by atoms with Gasteiger partial charge in [-0.1, -0.05) is 12.1 Å². The Labute approximate surface area is 117 Å². The van der Waals surface area contributed by atoms with Gasteiger partial charge in [0.05, 0.1) is 22.3 Å². The molecule has 0 N–H and O–H groups in total. The van der Waals surface area contributed by atoms with E-state index in [1.807, 2.05) is 0 Å². The molecule has 0 fully saturated rings. The summed E-state index contributed by atoms with van der Waals surface area (Å²) in [5.74, 6) is 0. The summed E-state index contributed by atoms with van der Waals surface area (Å²) in [6.07, 6.45) is -4.39. The molecule has 0 saturated carbocycles. The van der Waals surface area contributed by atoms with Gasteiger partial charge in [-0.25, -0.2) is 4.79 Å². The van der Waals surface area contributed by atoms with Crippen LogP contribution in [0.2, 0.25) is 0 Å². The maximum atomic E-state index is 12.6. The van der Waals surface area contributed by atoms with Gasteiger partial charge < -0.3 is 0 Å². The highest BCUT2D eigenvalue weighted by Gasteiger charge is 2.30. The molecule has 0 unspecified atom stereocenters. The summed E-state index contributed by atoms with van der Waals surface area (Å²) in [6.45, 7) is 0. The van der Waals surface area contributed by atoms with Crippen LogP contribution in [-0.4, -0.2) is 9.13 Å². The molecule has 0 aliphatic carbocycles. The lowest BCUT2D eigenvalue weighted by molar-refractivity contribution is -0.137. The number of benzene rings is 2. The monoisotopic (exact) mass is 292 g/mol. The van der Waals surface area contributed by atoms with Crippen LogP contribution in [0.15, 0.2) is 53.3 Å². The number of fused-ring (bicyclic) bond motifs is 1. The van der Waals surface area contributed by atoms with E-state index in [0.717, 1.165) is 17.6 Å². The van der Waals surface area contributed by atoms with Gasteiger partial charge in [-0.3, -0.25) is 9.13 Å². The van der Waals surface area contributed by atoms with E-state index in [4.69, 9.17) is 0 Å². The number of hydrogen-bond donors (Lipinski definition) is 0. The lowest BCUT2D eigenvalue weighted by atomic mass is 10.2. The largest absolute Gasteiger partial charge is 0.416 e. The van der Waals surface area contributed by atoms with Crippen molar-refractivity contribution in [3.8, 4) is 5.69 Å². The van der Waals surface area contributed by atoms with Gasteiger partial charge in [0.25, 0.3) is 0 Å². The zero-order valence-electron chi connectivity index (χ0n) is 11.1. The molecule has 3 nitrogen and oxygen atoms in total. The molecule has 0 bridgehead atoms. The summed E-state index contributed by atoms with van der Waals surface area (Å²) in [5.41, 5.74) is 0.757. The molecule has 0 atom stereocenters. The van der Waals surface area contributed by atoms with Crippen molar-refractivity contribution in [1.29, 1.82) is 0 Å². The van der Waals surface area contributed by atoms with Crippen LogP contribution >= 0.6 is 0 Å². The Morgan fingerprint density at radius 2 is 1.48 bits per heavy atom. The van der Waals surface area contributed by atoms with Gasteiger partial charge in [0.1, 0.15) is 0 Å². The van der Waals surface area contributed by atoms with Crippen molar-refractivity contribution in [2.75, 3.05) is 0 Å². The van der Waals surface area contributed by atoms with Crippen LogP contribution in [0.3, 0.4) is 0 Å². The summed E-state index contributed by atoms with van der Waals surface area (Å²) in [6, 6.07) is 11.7. The Morgan fingerprint density at radius 1 is 0.905 bits per heavy atom. The molecule has 0 spiro atoms. The van der Waals surface area contributed by atoms with Gasteiger partial charge in [0, 0.05) is 7.05 Å². The lowest BCUT2D eigenvalue weighted by Gasteiger charge is -2.08. The molecule has 108 valence electrons. The summed E-state index contributed by atoms with van der Waals surface area (Å²) in [7, 11) is 1.63. The zero-order chi connectivity index (χ0) is 15.2. The normalized spacial score (nSPS) is 12.0. The Hall–Kier alpha value is -2.50. The van der Waals surface area contributed by atoms with Crippen LogP contribution in [0.5, 0.6) is 0 Å². The number of halogens is 3.